The summed E-state index contributed by atoms with van der Waals surface area (Å²) in [5.74, 6) is 7.33. The van der Waals surface area contributed by atoms with Crippen LogP contribution in [0.4, 0.5) is 5.95 Å². The maximum absolute atomic E-state index is 5.32. The summed E-state index contributed by atoms with van der Waals surface area (Å²) in [7, 11) is 0. The molecule has 16 heavy (non-hydrogen) atoms. The second-order valence-corrected chi connectivity index (χ2v) is 4.84. The molecule has 0 bridgehead atoms. The van der Waals surface area contributed by atoms with E-state index < -0.39 is 0 Å². The van der Waals surface area contributed by atoms with Gasteiger partial charge >= 0.3 is 0 Å². The minimum atomic E-state index is 0.406. The van der Waals surface area contributed by atoms with Gasteiger partial charge < -0.3 is 0 Å². The Bertz CT molecular complexity index is 480. The molecule has 4 N–H and O–H groups in total. The second-order valence-electron chi connectivity index (χ2n) is 3.83. The minimum absolute atomic E-state index is 0.406. The number of nitrogens with one attached hydrogen (secondary N) is 2. The largest absolute Gasteiger partial charge is 0.292 e. The number of hydrogen-bond acceptors (Lipinski definition) is 6. The van der Waals surface area contributed by atoms with E-state index in [0.29, 0.717) is 17.5 Å². The van der Waals surface area contributed by atoms with Gasteiger partial charge in [-0.2, -0.15) is 10.1 Å². The fraction of sp³-hybridized carbons (Fsp3) is 0.444. The van der Waals surface area contributed by atoms with Gasteiger partial charge in [-0.15, -0.1) is 11.8 Å². The van der Waals surface area contributed by atoms with E-state index in [0.717, 1.165) is 16.2 Å². The topological polar surface area (TPSA) is 92.5 Å². The van der Waals surface area contributed by atoms with E-state index in [1.165, 1.54) is 0 Å². The third kappa shape index (κ3) is 2.25. The van der Waals surface area contributed by atoms with E-state index in [1.807, 2.05) is 0 Å². The van der Waals surface area contributed by atoms with E-state index >= 15 is 0 Å². The number of aromatic nitrogens is 4. The standard InChI is InChI=1S/C9H14N6S/c1-5(2)4-16-8-6-3-11-15-7(6)12-9(13-8)14-10/h3,5H,4,10H2,1-2H3,(H2,11,12,13,14,15). The molecular weight excluding hydrogens is 224 g/mol. The molecule has 0 saturated carbocycles. The number of nitrogens with two attached hydrogens (primary N) is 1. The molecule has 7 heteroatoms. The highest BCUT2D eigenvalue weighted by Gasteiger charge is 2.09. The smallest absolute Gasteiger partial charge is 0.240 e. The highest BCUT2D eigenvalue weighted by Crippen LogP contribution is 2.26. The van der Waals surface area contributed by atoms with Gasteiger partial charge in [0, 0.05) is 5.75 Å². The summed E-state index contributed by atoms with van der Waals surface area (Å²) in [6.45, 7) is 4.34. The second kappa shape index (κ2) is 4.67. The third-order valence-electron chi connectivity index (χ3n) is 1.96. The van der Waals surface area contributed by atoms with E-state index in [1.54, 1.807) is 18.0 Å². The molecule has 0 unspecified atom stereocenters. The van der Waals surface area contributed by atoms with Gasteiger partial charge in [0.25, 0.3) is 0 Å². The molecule has 0 amide bonds. The number of fused-ring (bicyclic) bond motifs is 1. The van der Waals surface area contributed by atoms with Crippen molar-refractivity contribution in [2.24, 2.45) is 11.8 Å². The van der Waals surface area contributed by atoms with Gasteiger partial charge in [0.15, 0.2) is 5.65 Å². The number of aromatic amines is 1. The molecule has 2 heterocycles. The van der Waals surface area contributed by atoms with Crippen molar-refractivity contribution in [2.45, 2.75) is 18.9 Å². The lowest BCUT2D eigenvalue weighted by Crippen LogP contribution is -2.11. The Morgan fingerprint density at radius 2 is 2.31 bits per heavy atom. The first-order valence-corrected chi connectivity index (χ1v) is 5.99. The quantitative estimate of drug-likeness (QED) is 0.322. The maximum atomic E-state index is 5.32. The lowest BCUT2D eigenvalue weighted by atomic mass is 10.3. The van der Waals surface area contributed by atoms with Crippen LogP contribution >= 0.6 is 11.8 Å². The molecule has 0 aromatic carbocycles. The molecule has 0 atom stereocenters. The van der Waals surface area contributed by atoms with E-state index in [9.17, 15) is 0 Å². The van der Waals surface area contributed by atoms with Crippen LogP contribution in [0.3, 0.4) is 0 Å². The molecule has 0 aliphatic rings. The monoisotopic (exact) mass is 238 g/mol. The number of rotatable bonds is 4. The molecule has 2 rings (SSSR count). The van der Waals surface area contributed by atoms with Crippen LogP contribution < -0.4 is 11.3 Å². The van der Waals surface area contributed by atoms with Crippen LogP contribution in [0.5, 0.6) is 0 Å². The zero-order valence-corrected chi connectivity index (χ0v) is 10.0. The summed E-state index contributed by atoms with van der Waals surface area (Å²) in [6.07, 6.45) is 1.73. The third-order valence-corrected chi connectivity index (χ3v) is 3.38. The van der Waals surface area contributed by atoms with E-state index in [-0.39, 0.29) is 0 Å². The molecule has 0 spiro atoms. The van der Waals surface area contributed by atoms with E-state index in [2.05, 4.69) is 39.4 Å². The number of nitrogen functional groups attached to an aromatic ring is 1. The fourth-order valence-electron chi connectivity index (χ4n) is 1.23. The molecule has 0 radical (unpaired) electrons. The normalized spacial score (nSPS) is 11.2. The lowest BCUT2D eigenvalue weighted by molar-refractivity contribution is 0.749. The molecule has 86 valence electrons. The maximum Gasteiger partial charge on any atom is 0.240 e. The average molecular weight is 238 g/mol. The Kier molecular flexibility index (Phi) is 3.25. The Balaban J connectivity index is 2.36. The number of thioether (sulfide) groups is 1. The number of H-pyrrole nitrogens is 1. The Hall–Kier alpha value is -1.34. The molecule has 0 aliphatic heterocycles. The van der Waals surface area contributed by atoms with Crippen molar-refractivity contribution in [2.75, 3.05) is 11.2 Å². The summed E-state index contributed by atoms with van der Waals surface area (Å²) in [5, 5.41) is 8.61. The van der Waals surface area contributed by atoms with Crippen LogP contribution in [0.2, 0.25) is 0 Å². The summed E-state index contributed by atoms with van der Waals surface area (Å²) < 4.78 is 0. The molecular formula is C9H14N6S. The zero-order valence-electron chi connectivity index (χ0n) is 9.19. The van der Waals surface area contributed by atoms with Crippen LogP contribution in [-0.4, -0.2) is 25.9 Å². The van der Waals surface area contributed by atoms with Crippen molar-refractivity contribution in [1.29, 1.82) is 0 Å². The van der Waals surface area contributed by atoms with E-state index in [4.69, 9.17) is 5.84 Å². The van der Waals surface area contributed by atoms with Gasteiger partial charge in [0.05, 0.1) is 11.6 Å². The van der Waals surface area contributed by atoms with Gasteiger partial charge in [-0.1, -0.05) is 13.8 Å². The Morgan fingerprint density at radius 1 is 1.50 bits per heavy atom. The van der Waals surface area contributed by atoms with Gasteiger partial charge in [-0.3, -0.25) is 10.5 Å². The average Bonchev–Trinajstić information content (AvgIpc) is 2.73. The minimum Gasteiger partial charge on any atom is -0.292 e. The highest BCUT2D eigenvalue weighted by molar-refractivity contribution is 7.99. The van der Waals surface area contributed by atoms with Gasteiger partial charge in [-0.05, 0) is 5.92 Å². The van der Waals surface area contributed by atoms with Crippen molar-refractivity contribution in [3.05, 3.63) is 6.20 Å². The zero-order chi connectivity index (χ0) is 11.5. The fourth-order valence-corrected chi connectivity index (χ4v) is 2.18. The van der Waals surface area contributed by atoms with Crippen LogP contribution in [0.1, 0.15) is 13.8 Å². The van der Waals surface area contributed by atoms with Gasteiger partial charge in [-0.25, -0.2) is 10.8 Å². The predicted molar refractivity (Wildman–Crippen MR) is 65.1 cm³/mol. The van der Waals surface area contributed by atoms with Crippen molar-refractivity contribution in [3.63, 3.8) is 0 Å². The first kappa shape index (κ1) is 11.2. The first-order valence-electron chi connectivity index (χ1n) is 5.01. The number of nitrogens with zero attached hydrogens (tertiary/aromatic N) is 3. The molecule has 0 saturated heterocycles. The summed E-state index contributed by atoms with van der Waals surface area (Å²) >= 11 is 1.69. The highest BCUT2D eigenvalue weighted by atomic mass is 32.2. The van der Waals surface area contributed by atoms with Crippen molar-refractivity contribution in [1.82, 2.24) is 20.2 Å². The first-order chi connectivity index (χ1) is 7.70. The molecule has 0 fully saturated rings. The summed E-state index contributed by atoms with van der Waals surface area (Å²) in [4.78, 5) is 8.48. The molecule has 0 aliphatic carbocycles. The van der Waals surface area contributed by atoms with Crippen LogP contribution in [0.15, 0.2) is 11.2 Å². The predicted octanol–water partition coefficient (Wildman–Crippen LogP) is 1.39. The summed E-state index contributed by atoms with van der Waals surface area (Å²) in [6, 6.07) is 0. The van der Waals surface area contributed by atoms with Gasteiger partial charge in [0.2, 0.25) is 5.95 Å². The SMILES string of the molecule is CC(C)CSc1nc(NN)nc2[nH]ncc12. The van der Waals surface area contributed by atoms with Crippen molar-refractivity contribution >= 4 is 28.7 Å². The van der Waals surface area contributed by atoms with Crippen LogP contribution in [0.25, 0.3) is 11.0 Å². The lowest BCUT2D eigenvalue weighted by Gasteiger charge is -2.06. The van der Waals surface area contributed by atoms with Gasteiger partial charge in [0.1, 0.15) is 5.03 Å². The number of anilines is 1. The molecule has 2 aromatic rings. The van der Waals surface area contributed by atoms with Crippen molar-refractivity contribution in [3.8, 4) is 0 Å². The molecule has 6 nitrogen and oxygen atoms in total. The molecule has 2 aromatic heterocycles. The van der Waals surface area contributed by atoms with Crippen molar-refractivity contribution < 1.29 is 0 Å². The number of hydrogen-bond donors (Lipinski definition) is 3. The Morgan fingerprint density at radius 3 is 3.00 bits per heavy atom. The Labute approximate surface area is 97.4 Å². The van der Waals surface area contributed by atoms with Crippen LogP contribution in [0, 0.1) is 5.92 Å². The number of hydrazine groups is 1. The van der Waals surface area contributed by atoms with Crippen LogP contribution in [-0.2, 0) is 0 Å². The summed E-state index contributed by atoms with van der Waals surface area (Å²) in [5.41, 5.74) is 3.16.